The van der Waals surface area contributed by atoms with Crippen molar-refractivity contribution in [2.24, 2.45) is 5.92 Å². The van der Waals surface area contributed by atoms with Gasteiger partial charge in [-0.1, -0.05) is 49.1 Å². The van der Waals surface area contributed by atoms with Crippen LogP contribution in [0, 0.1) is 11.7 Å². The zero-order valence-electron chi connectivity index (χ0n) is 10.9. The minimum Gasteiger partial charge on any atom is -0.312 e. The predicted octanol–water partition coefficient (Wildman–Crippen LogP) is 3.57. The van der Waals surface area contributed by atoms with Crippen molar-refractivity contribution in [1.29, 1.82) is 0 Å². The van der Waals surface area contributed by atoms with Crippen molar-refractivity contribution >= 4 is 23.1 Å². The van der Waals surface area contributed by atoms with Gasteiger partial charge in [-0.05, 0) is 24.1 Å². The summed E-state index contributed by atoms with van der Waals surface area (Å²) in [5.74, 6) is 0.372. The molecular weight excluding hydrogens is 281 g/mol. The molecule has 0 fully saturated rings. The molecule has 0 saturated heterocycles. The van der Waals surface area contributed by atoms with Gasteiger partial charge in [0.15, 0.2) is 4.34 Å². The molecule has 102 valence electrons. The van der Waals surface area contributed by atoms with E-state index >= 15 is 0 Å². The zero-order valence-corrected chi connectivity index (χ0v) is 12.5. The first-order valence-corrected chi connectivity index (χ1v) is 7.78. The Morgan fingerprint density at radius 2 is 2.26 bits per heavy atom. The van der Waals surface area contributed by atoms with Crippen LogP contribution in [0.15, 0.2) is 32.9 Å². The molecule has 0 spiro atoms. The number of nitrogens with zero attached hydrogens (tertiary/aromatic N) is 2. The molecule has 1 aromatic heterocycles. The molecule has 1 aromatic carbocycles. The molecule has 0 saturated carbocycles. The van der Waals surface area contributed by atoms with Crippen LogP contribution in [0.1, 0.15) is 19.4 Å². The first-order valence-electron chi connectivity index (χ1n) is 6.09. The molecule has 6 heteroatoms. The molecule has 2 aromatic rings. The van der Waals surface area contributed by atoms with Crippen molar-refractivity contribution in [2.75, 3.05) is 6.54 Å². The lowest BCUT2D eigenvalue weighted by atomic mass is 10.2. The summed E-state index contributed by atoms with van der Waals surface area (Å²) in [6.45, 7) is 5.88. The third-order valence-electron chi connectivity index (χ3n) is 2.45. The monoisotopic (exact) mass is 297 g/mol. The third-order valence-corrected chi connectivity index (χ3v) is 4.39. The SMILES string of the molecule is CC(C)CNCc1cccc(F)c1Sc1nncs1. The molecule has 1 heterocycles. The maximum absolute atomic E-state index is 13.9. The van der Waals surface area contributed by atoms with E-state index in [1.54, 1.807) is 11.6 Å². The highest BCUT2D eigenvalue weighted by molar-refractivity contribution is 8.01. The number of hydrogen-bond donors (Lipinski definition) is 1. The third kappa shape index (κ3) is 4.26. The lowest BCUT2D eigenvalue weighted by Gasteiger charge is -2.11. The summed E-state index contributed by atoms with van der Waals surface area (Å²) in [6, 6.07) is 5.17. The molecule has 0 amide bonds. The molecule has 19 heavy (non-hydrogen) atoms. The second-order valence-electron chi connectivity index (χ2n) is 4.56. The van der Waals surface area contributed by atoms with Crippen LogP contribution in [0.4, 0.5) is 4.39 Å². The smallest absolute Gasteiger partial charge is 0.178 e. The Balaban J connectivity index is 2.11. The van der Waals surface area contributed by atoms with Crippen molar-refractivity contribution in [3.63, 3.8) is 0 Å². The Bertz CT molecular complexity index is 515. The van der Waals surface area contributed by atoms with Gasteiger partial charge < -0.3 is 5.32 Å². The number of rotatable bonds is 6. The van der Waals surface area contributed by atoms with E-state index in [9.17, 15) is 4.39 Å². The van der Waals surface area contributed by atoms with Gasteiger partial charge >= 0.3 is 0 Å². The summed E-state index contributed by atoms with van der Waals surface area (Å²) in [7, 11) is 0. The highest BCUT2D eigenvalue weighted by Crippen LogP contribution is 2.33. The van der Waals surface area contributed by atoms with E-state index in [-0.39, 0.29) is 5.82 Å². The Morgan fingerprint density at radius 3 is 2.95 bits per heavy atom. The van der Waals surface area contributed by atoms with Crippen LogP contribution in [0.3, 0.4) is 0 Å². The van der Waals surface area contributed by atoms with Gasteiger partial charge in [-0.2, -0.15) is 0 Å². The Hall–Kier alpha value is -0.980. The second kappa shape index (κ2) is 6.98. The van der Waals surface area contributed by atoms with Crippen molar-refractivity contribution in [3.05, 3.63) is 35.1 Å². The molecule has 0 bridgehead atoms. The van der Waals surface area contributed by atoms with Crippen molar-refractivity contribution in [1.82, 2.24) is 15.5 Å². The van der Waals surface area contributed by atoms with Gasteiger partial charge in [0.05, 0.1) is 4.90 Å². The summed E-state index contributed by atoms with van der Waals surface area (Å²) in [6.07, 6.45) is 0. The number of aromatic nitrogens is 2. The zero-order chi connectivity index (χ0) is 13.7. The fraction of sp³-hybridized carbons (Fsp3) is 0.385. The van der Waals surface area contributed by atoms with E-state index in [1.807, 2.05) is 6.07 Å². The molecule has 0 radical (unpaired) electrons. The van der Waals surface area contributed by atoms with E-state index < -0.39 is 0 Å². The standard InChI is InChI=1S/C13H16FN3S2/c1-9(2)6-15-7-10-4-3-5-11(14)12(10)19-13-17-16-8-18-13/h3-5,8-9,15H,6-7H2,1-2H3. The summed E-state index contributed by atoms with van der Waals surface area (Å²) >= 11 is 2.75. The van der Waals surface area contributed by atoms with E-state index in [0.717, 1.165) is 16.4 Å². The van der Waals surface area contributed by atoms with Crippen molar-refractivity contribution in [3.8, 4) is 0 Å². The Morgan fingerprint density at radius 1 is 1.42 bits per heavy atom. The first-order chi connectivity index (χ1) is 9.16. The van der Waals surface area contributed by atoms with E-state index in [1.165, 1.54) is 29.2 Å². The van der Waals surface area contributed by atoms with E-state index in [4.69, 9.17) is 0 Å². The number of halogens is 1. The fourth-order valence-corrected chi connectivity index (χ4v) is 3.15. The summed E-state index contributed by atoms with van der Waals surface area (Å²) in [5.41, 5.74) is 2.61. The van der Waals surface area contributed by atoms with Crippen LogP contribution < -0.4 is 5.32 Å². The molecule has 3 nitrogen and oxygen atoms in total. The van der Waals surface area contributed by atoms with Crippen LogP contribution in [-0.2, 0) is 6.54 Å². The largest absolute Gasteiger partial charge is 0.312 e. The summed E-state index contributed by atoms with van der Waals surface area (Å²) in [4.78, 5) is 0.635. The van der Waals surface area contributed by atoms with E-state index in [0.29, 0.717) is 17.4 Å². The molecular formula is C13H16FN3S2. The van der Waals surface area contributed by atoms with Gasteiger partial charge in [0.2, 0.25) is 0 Å². The maximum atomic E-state index is 13.9. The van der Waals surface area contributed by atoms with Crippen LogP contribution >= 0.6 is 23.1 Å². The Labute approximate surface area is 120 Å². The predicted molar refractivity (Wildman–Crippen MR) is 77.0 cm³/mol. The summed E-state index contributed by atoms with van der Waals surface area (Å²) in [5, 5.41) is 11.1. The lowest BCUT2D eigenvalue weighted by Crippen LogP contribution is -2.19. The van der Waals surface area contributed by atoms with Gasteiger partial charge in [-0.3, -0.25) is 0 Å². The molecule has 0 unspecified atom stereocenters. The molecule has 0 aliphatic carbocycles. The van der Waals surface area contributed by atoms with Gasteiger partial charge in [-0.25, -0.2) is 4.39 Å². The Kier molecular flexibility index (Phi) is 5.30. The molecule has 0 aliphatic rings. The summed E-state index contributed by atoms with van der Waals surface area (Å²) < 4.78 is 14.7. The molecule has 1 N–H and O–H groups in total. The number of nitrogens with one attached hydrogen (secondary N) is 1. The van der Waals surface area contributed by atoms with Crippen LogP contribution in [-0.4, -0.2) is 16.7 Å². The minimum absolute atomic E-state index is 0.205. The minimum atomic E-state index is -0.205. The number of benzene rings is 1. The highest BCUT2D eigenvalue weighted by Gasteiger charge is 2.11. The van der Waals surface area contributed by atoms with Crippen molar-refractivity contribution < 1.29 is 4.39 Å². The van der Waals surface area contributed by atoms with Gasteiger partial charge in [0.1, 0.15) is 11.3 Å². The normalized spacial score (nSPS) is 11.2. The van der Waals surface area contributed by atoms with Gasteiger partial charge in [-0.15, -0.1) is 10.2 Å². The highest BCUT2D eigenvalue weighted by atomic mass is 32.2. The van der Waals surface area contributed by atoms with Crippen LogP contribution in [0.2, 0.25) is 0 Å². The topological polar surface area (TPSA) is 37.8 Å². The molecule has 2 rings (SSSR count). The average Bonchev–Trinajstić information content (AvgIpc) is 2.85. The molecule has 0 aliphatic heterocycles. The number of hydrogen-bond acceptors (Lipinski definition) is 5. The lowest BCUT2D eigenvalue weighted by molar-refractivity contribution is 0.543. The average molecular weight is 297 g/mol. The fourth-order valence-electron chi connectivity index (χ4n) is 1.60. The quantitative estimate of drug-likeness (QED) is 0.884. The maximum Gasteiger partial charge on any atom is 0.178 e. The van der Waals surface area contributed by atoms with E-state index in [2.05, 4.69) is 29.4 Å². The van der Waals surface area contributed by atoms with Crippen molar-refractivity contribution in [2.45, 2.75) is 29.6 Å². The first kappa shape index (κ1) is 14.4. The molecule has 0 atom stereocenters. The second-order valence-corrected chi connectivity index (χ2v) is 6.65. The van der Waals surface area contributed by atoms with Gasteiger partial charge in [0, 0.05) is 6.54 Å². The van der Waals surface area contributed by atoms with Crippen LogP contribution in [0.25, 0.3) is 0 Å². The van der Waals surface area contributed by atoms with Crippen LogP contribution in [0.5, 0.6) is 0 Å². The van der Waals surface area contributed by atoms with Gasteiger partial charge in [0.25, 0.3) is 0 Å².